The highest BCUT2D eigenvalue weighted by Crippen LogP contribution is 2.23. The van der Waals surface area contributed by atoms with Gasteiger partial charge in [-0.3, -0.25) is 4.79 Å². The normalized spacial score (nSPS) is 17.6. The number of pyridine rings is 1. The molecule has 1 aromatic heterocycles. The van der Waals surface area contributed by atoms with E-state index in [0.717, 1.165) is 30.5 Å². The Morgan fingerprint density at radius 2 is 2.14 bits per heavy atom. The summed E-state index contributed by atoms with van der Waals surface area (Å²) in [6, 6.07) is 4.06. The number of piperidine rings is 1. The Kier molecular flexibility index (Phi) is 5.04. The number of nitrogens with zero attached hydrogens (tertiary/aromatic N) is 3. The van der Waals surface area contributed by atoms with Gasteiger partial charge in [0, 0.05) is 26.7 Å². The highest BCUT2D eigenvalue weighted by atomic mass is 16.4. The first kappa shape index (κ1) is 15.6. The first-order valence-electron chi connectivity index (χ1n) is 7.62. The van der Waals surface area contributed by atoms with Gasteiger partial charge < -0.3 is 14.9 Å². The van der Waals surface area contributed by atoms with Crippen molar-refractivity contribution in [3.8, 4) is 0 Å². The van der Waals surface area contributed by atoms with E-state index in [4.69, 9.17) is 5.11 Å². The molecule has 0 spiro atoms. The van der Waals surface area contributed by atoms with Crippen LogP contribution in [0.3, 0.4) is 0 Å². The molecule has 21 heavy (non-hydrogen) atoms. The van der Waals surface area contributed by atoms with Crippen molar-refractivity contribution in [2.45, 2.75) is 26.7 Å². The number of aromatic nitrogens is 1. The molecule has 1 aromatic rings. The topological polar surface area (TPSA) is 56.7 Å². The highest BCUT2D eigenvalue weighted by molar-refractivity contribution is 5.70. The van der Waals surface area contributed by atoms with Gasteiger partial charge in [0.15, 0.2) is 0 Å². The molecule has 0 radical (unpaired) electrons. The summed E-state index contributed by atoms with van der Waals surface area (Å²) in [5.74, 6) is 0.668. The van der Waals surface area contributed by atoms with E-state index >= 15 is 0 Å². The van der Waals surface area contributed by atoms with Gasteiger partial charge in [-0.15, -0.1) is 0 Å². The molecule has 5 nitrogen and oxygen atoms in total. The van der Waals surface area contributed by atoms with Crippen molar-refractivity contribution < 1.29 is 9.90 Å². The molecule has 1 aliphatic heterocycles. The predicted molar refractivity (Wildman–Crippen MR) is 84.9 cm³/mol. The SMILES string of the molecule is CC1CCN(c2ccc(N(C)CC(C)C(=O)O)cn2)CC1. The molecule has 0 aliphatic carbocycles. The van der Waals surface area contributed by atoms with Crippen LogP contribution in [-0.2, 0) is 4.79 Å². The third-order valence-electron chi connectivity index (χ3n) is 4.25. The van der Waals surface area contributed by atoms with Crippen molar-refractivity contribution in [3.05, 3.63) is 18.3 Å². The Labute approximate surface area is 126 Å². The van der Waals surface area contributed by atoms with Crippen molar-refractivity contribution in [2.24, 2.45) is 11.8 Å². The van der Waals surface area contributed by atoms with Crippen LogP contribution in [0.5, 0.6) is 0 Å². The van der Waals surface area contributed by atoms with Crippen LogP contribution in [0.4, 0.5) is 11.5 Å². The number of carboxylic acids is 1. The molecule has 1 N–H and O–H groups in total. The van der Waals surface area contributed by atoms with Gasteiger partial charge in [0.2, 0.25) is 0 Å². The molecule has 5 heteroatoms. The Balaban J connectivity index is 1.96. The molecular weight excluding hydrogens is 266 g/mol. The average molecular weight is 291 g/mol. The van der Waals surface area contributed by atoms with Crippen molar-refractivity contribution in [1.82, 2.24) is 4.98 Å². The smallest absolute Gasteiger partial charge is 0.308 e. The summed E-state index contributed by atoms with van der Waals surface area (Å²) in [4.78, 5) is 19.7. The van der Waals surface area contributed by atoms with E-state index in [9.17, 15) is 4.79 Å². The van der Waals surface area contributed by atoms with Gasteiger partial charge >= 0.3 is 5.97 Å². The maximum Gasteiger partial charge on any atom is 0.308 e. The molecule has 1 atom stereocenters. The molecule has 2 rings (SSSR count). The van der Waals surface area contributed by atoms with Gasteiger partial charge in [0.25, 0.3) is 0 Å². The maximum atomic E-state index is 10.9. The Morgan fingerprint density at radius 3 is 2.67 bits per heavy atom. The molecule has 116 valence electrons. The fourth-order valence-electron chi connectivity index (χ4n) is 2.62. The van der Waals surface area contributed by atoms with Crippen molar-refractivity contribution in [2.75, 3.05) is 36.5 Å². The van der Waals surface area contributed by atoms with E-state index in [2.05, 4.69) is 16.8 Å². The fraction of sp³-hybridized carbons (Fsp3) is 0.625. The lowest BCUT2D eigenvalue weighted by molar-refractivity contribution is -0.140. The molecule has 1 unspecified atom stereocenters. The van der Waals surface area contributed by atoms with Gasteiger partial charge in [-0.2, -0.15) is 0 Å². The minimum atomic E-state index is -0.770. The Morgan fingerprint density at radius 1 is 1.48 bits per heavy atom. The zero-order valence-corrected chi connectivity index (χ0v) is 13.1. The molecule has 0 saturated carbocycles. The first-order chi connectivity index (χ1) is 9.97. The van der Waals surface area contributed by atoms with Crippen LogP contribution in [0.1, 0.15) is 26.7 Å². The predicted octanol–water partition coefficient (Wildman–Crippen LogP) is 2.47. The standard InChI is InChI=1S/C16H25N3O2/c1-12-6-8-19(9-7-12)15-5-4-14(10-17-15)18(3)11-13(2)16(20)21/h4-5,10,12-13H,6-9,11H2,1-3H3,(H,20,21). The Hall–Kier alpha value is -1.78. The number of anilines is 2. The maximum absolute atomic E-state index is 10.9. The second-order valence-electron chi connectivity index (χ2n) is 6.16. The van der Waals surface area contributed by atoms with Gasteiger partial charge in [0.1, 0.15) is 5.82 Å². The molecule has 0 amide bonds. The van der Waals surface area contributed by atoms with E-state index < -0.39 is 11.9 Å². The molecule has 0 bridgehead atoms. The average Bonchev–Trinajstić information content (AvgIpc) is 2.48. The summed E-state index contributed by atoms with van der Waals surface area (Å²) in [5, 5.41) is 8.96. The molecule has 1 aliphatic rings. The summed E-state index contributed by atoms with van der Waals surface area (Å²) in [6.45, 7) is 6.64. The van der Waals surface area contributed by atoms with Gasteiger partial charge in [-0.1, -0.05) is 13.8 Å². The minimum Gasteiger partial charge on any atom is -0.481 e. The highest BCUT2D eigenvalue weighted by Gasteiger charge is 2.18. The molecule has 2 heterocycles. The van der Waals surface area contributed by atoms with Crippen LogP contribution in [0.25, 0.3) is 0 Å². The first-order valence-corrected chi connectivity index (χ1v) is 7.62. The van der Waals surface area contributed by atoms with Gasteiger partial charge in [0.05, 0.1) is 17.8 Å². The number of hydrogen-bond donors (Lipinski definition) is 1. The summed E-state index contributed by atoms with van der Waals surface area (Å²) >= 11 is 0. The third kappa shape index (κ3) is 4.09. The van der Waals surface area contributed by atoms with E-state index in [-0.39, 0.29) is 0 Å². The zero-order valence-electron chi connectivity index (χ0n) is 13.1. The van der Waals surface area contributed by atoms with Gasteiger partial charge in [-0.25, -0.2) is 4.98 Å². The van der Waals surface area contributed by atoms with E-state index in [1.54, 1.807) is 6.92 Å². The van der Waals surface area contributed by atoms with Crippen LogP contribution in [0, 0.1) is 11.8 Å². The number of rotatable bonds is 5. The number of hydrogen-bond acceptors (Lipinski definition) is 4. The van der Waals surface area contributed by atoms with Crippen LogP contribution >= 0.6 is 0 Å². The van der Waals surface area contributed by atoms with Crippen LogP contribution in [0.15, 0.2) is 18.3 Å². The number of aliphatic carboxylic acids is 1. The zero-order chi connectivity index (χ0) is 15.4. The van der Waals surface area contributed by atoms with Crippen LogP contribution < -0.4 is 9.80 Å². The number of carboxylic acid groups (broad SMARTS) is 1. The second-order valence-corrected chi connectivity index (χ2v) is 6.16. The van der Waals surface area contributed by atoms with Gasteiger partial charge in [-0.05, 0) is 30.9 Å². The molecule has 1 saturated heterocycles. The quantitative estimate of drug-likeness (QED) is 0.903. The van der Waals surface area contributed by atoms with Crippen molar-refractivity contribution >= 4 is 17.5 Å². The second kappa shape index (κ2) is 6.78. The third-order valence-corrected chi connectivity index (χ3v) is 4.25. The van der Waals surface area contributed by atoms with E-state index in [1.165, 1.54) is 12.8 Å². The fourth-order valence-corrected chi connectivity index (χ4v) is 2.62. The number of carbonyl (C=O) groups is 1. The van der Waals surface area contributed by atoms with E-state index in [0.29, 0.717) is 6.54 Å². The van der Waals surface area contributed by atoms with Crippen molar-refractivity contribution in [1.29, 1.82) is 0 Å². The van der Waals surface area contributed by atoms with Crippen molar-refractivity contribution in [3.63, 3.8) is 0 Å². The monoisotopic (exact) mass is 291 g/mol. The Bertz CT molecular complexity index is 467. The van der Waals surface area contributed by atoms with E-state index in [1.807, 2.05) is 30.3 Å². The lowest BCUT2D eigenvalue weighted by Gasteiger charge is -2.31. The summed E-state index contributed by atoms with van der Waals surface area (Å²) < 4.78 is 0. The minimum absolute atomic E-state index is 0.391. The molecule has 1 fully saturated rings. The van der Waals surface area contributed by atoms with Crippen LogP contribution in [0.2, 0.25) is 0 Å². The van der Waals surface area contributed by atoms with Crippen LogP contribution in [-0.4, -0.2) is 42.7 Å². The summed E-state index contributed by atoms with van der Waals surface area (Å²) in [5.41, 5.74) is 0.956. The lowest BCUT2D eigenvalue weighted by Crippen LogP contribution is -2.33. The lowest BCUT2D eigenvalue weighted by atomic mass is 9.99. The molecule has 0 aromatic carbocycles. The molecular formula is C16H25N3O2. The summed E-state index contributed by atoms with van der Waals surface area (Å²) in [6.07, 6.45) is 4.28. The largest absolute Gasteiger partial charge is 0.481 e. The summed E-state index contributed by atoms with van der Waals surface area (Å²) in [7, 11) is 1.90.